The second kappa shape index (κ2) is 5.75. The lowest BCUT2D eigenvalue weighted by Gasteiger charge is -2.18. The van der Waals surface area contributed by atoms with Crippen molar-refractivity contribution in [3.8, 4) is 11.5 Å². The first-order valence-corrected chi connectivity index (χ1v) is 7.22. The van der Waals surface area contributed by atoms with Gasteiger partial charge in [-0.05, 0) is 61.7 Å². The van der Waals surface area contributed by atoms with Gasteiger partial charge in [-0.15, -0.1) is 0 Å². The predicted octanol–water partition coefficient (Wildman–Crippen LogP) is 4.65. The van der Waals surface area contributed by atoms with Crippen LogP contribution in [0.2, 0.25) is 0 Å². The van der Waals surface area contributed by atoms with Crippen LogP contribution in [0.25, 0.3) is 0 Å². The van der Waals surface area contributed by atoms with E-state index in [1.807, 2.05) is 20.8 Å². The Morgan fingerprint density at radius 2 is 1.45 bits per heavy atom. The van der Waals surface area contributed by atoms with Crippen molar-refractivity contribution in [2.75, 3.05) is 5.32 Å². The Morgan fingerprint density at radius 3 is 1.95 bits per heavy atom. The van der Waals surface area contributed by atoms with Crippen LogP contribution in [0.5, 0.6) is 11.5 Å². The third-order valence-corrected chi connectivity index (χ3v) is 4.50. The Labute approximate surface area is 127 Å². The number of nitrogens with one attached hydrogen (secondary N) is 1. The van der Waals surface area contributed by atoms with Crippen LogP contribution in [0.15, 0.2) is 34.8 Å². The van der Waals surface area contributed by atoms with Gasteiger partial charge in [0, 0.05) is 22.3 Å². The molecule has 2 aromatic rings. The molecule has 0 aliphatic heterocycles. The van der Waals surface area contributed by atoms with Crippen molar-refractivity contribution in [2.24, 2.45) is 0 Å². The summed E-state index contributed by atoms with van der Waals surface area (Å²) in [6.45, 7) is 6.08. The zero-order valence-electron chi connectivity index (χ0n) is 11.7. The monoisotopic (exact) mass is 335 g/mol. The normalized spacial score (nSPS) is 12.2. The minimum Gasteiger partial charge on any atom is -0.508 e. The number of aromatic hydroxyl groups is 2. The largest absolute Gasteiger partial charge is 0.508 e. The number of halogens is 1. The summed E-state index contributed by atoms with van der Waals surface area (Å²) in [7, 11) is 0. The molecule has 0 fully saturated rings. The van der Waals surface area contributed by atoms with Gasteiger partial charge < -0.3 is 15.5 Å². The highest BCUT2D eigenvalue weighted by Crippen LogP contribution is 2.29. The lowest BCUT2D eigenvalue weighted by Crippen LogP contribution is -2.07. The molecule has 1 atom stereocenters. The highest BCUT2D eigenvalue weighted by molar-refractivity contribution is 9.10. The first-order valence-electron chi connectivity index (χ1n) is 6.43. The van der Waals surface area contributed by atoms with Crippen LogP contribution in [0.1, 0.15) is 29.7 Å². The number of anilines is 1. The molecule has 0 radical (unpaired) electrons. The Kier molecular flexibility index (Phi) is 4.23. The number of aryl methyl sites for hydroxylation is 2. The first kappa shape index (κ1) is 14.7. The molecule has 0 saturated heterocycles. The van der Waals surface area contributed by atoms with Crippen molar-refractivity contribution in [3.63, 3.8) is 0 Å². The molecule has 0 saturated carbocycles. The van der Waals surface area contributed by atoms with Gasteiger partial charge in [0.15, 0.2) is 0 Å². The fourth-order valence-electron chi connectivity index (χ4n) is 2.23. The van der Waals surface area contributed by atoms with Crippen molar-refractivity contribution in [1.29, 1.82) is 0 Å². The molecule has 0 aliphatic rings. The molecule has 0 bridgehead atoms. The lowest BCUT2D eigenvalue weighted by molar-refractivity contribution is 0.448. The van der Waals surface area contributed by atoms with Crippen LogP contribution in [0.3, 0.4) is 0 Å². The average Bonchev–Trinajstić information content (AvgIpc) is 2.34. The molecule has 2 rings (SSSR count). The van der Waals surface area contributed by atoms with Gasteiger partial charge in [0.1, 0.15) is 11.5 Å². The number of hydrogen-bond donors (Lipinski definition) is 3. The predicted molar refractivity (Wildman–Crippen MR) is 85.4 cm³/mol. The molecule has 106 valence electrons. The molecule has 0 aromatic heterocycles. The third-order valence-electron chi connectivity index (χ3n) is 3.24. The number of benzene rings is 2. The zero-order valence-corrected chi connectivity index (χ0v) is 13.3. The molecule has 20 heavy (non-hydrogen) atoms. The second-order valence-corrected chi connectivity index (χ2v) is 5.87. The van der Waals surface area contributed by atoms with Crippen LogP contribution in [0, 0.1) is 13.8 Å². The molecular formula is C16H18BrNO2. The fraction of sp³-hybridized carbons (Fsp3) is 0.250. The van der Waals surface area contributed by atoms with Crippen molar-refractivity contribution in [1.82, 2.24) is 0 Å². The van der Waals surface area contributed by atoms with Gasteiger partial charge in [0.05, 0.1) is 0 Å². The van der Waals surface area contributed by atoms with Gasteiger partial charge in [-0.25, -0.2) is 0 Å². The van der Waals surface area contributed by atoms with Gasteiger partial charge in [0.25, 0.3) is 0 Å². The van der Waals surface area contributed by atoms with E-state index >= 15 is 0 Å². The topological polar surface area (TPSA) is 52.5 Å². The minimum absolute atomic E-state index is 0.0204. The highest BCUT2D eigenvalue weighted by atomic mass is 79.9. The molecule has 3 nitrogen and oxygen atoms in total. The van der Waals surface area contributed by atoms with Gasteiger partial charge >= 0.3 is 0 Å². The first-order chi connectivity index (χ1) is 9.36. The molecule has 2 aromatic carbocycles. The minimum atomic E-state index is -0.0204. The van der Waals surface area contributed by atoms with Gasteiger partial charge in [0.2, 0.25) is 0 Å². The van der Waals surface area contributed by atoms with Crippen LogP contribution in [0.4, 0.5) is 5.69 Å². The molecule has 0 heterocycles. The van der Waals surface area contributed by atoms with Crippen LogP contribution >= 0.6 is 15.9 Å². The van der Waals surface area contributed by atoms with E-state index < -0.39 is 0 Å². The Morgan fingerprint density at radius 1 is 0.950 bits per heavy atom. The number of rotatable bonds is 3. The summed E-state index contributed by atoms with van der Waals surface area (Å²) < 4.78 is 1.12. The lowest BCUT2D eigenvalue weighted by atomic mass is 10.1. The standard InChI is InChI=1S/C16H18BrNO2/c1-9-4-13(5-10(2)16(9)17)18-11(3)12-6-14(19)8-15(20)7-12/h4-8,11,18-20H,1-3H3. The summed E-state index contributed by atoms with van der Waals surface area (Å²) in [5.74, 6) is 0.133. The van der Waals surface area contributed by atoms with E-state index in [1.165, 1.54) is 17.2 Å². The van der Waals surface area contributed by atoms with E-state index in [4.69, 9.17) is 0 Å². The molecule has 3 N–H and O–H groups in total. The SMILES string of the molecule is Cc1cc(NC(C)c2cc(O)cc(O)c2)cc(C)c1Br. The third kappa shape index (κ3) is 3.25. The summed E-state index contributed by atoms with van der Waals surface area (Å²) in [5, 5.41) is 22.5. The van der Waals surface area contributed by atoms with Crippen molar-refractivity contribution in [2.45, 2.75) is 26.8 Å². The van der Waals surface area contributed by atoms with Crippen molar-refractivity contribution >= 4 is 21.6 Å². The maximum absolute atomic E-state index is 9.54. The fourth-order valence-corrected chi connectivity index (χ4v) is 2.46. The summed E-state index contributed by atoms with van der Waals surface area (Å²) in [4.78, 5) is 0. The quantitative estimate of drug-likeness (QED) is 0.765. The van der Waals surface area contributed by atoms with Gasteiger partial charge in [-0.1, -0.05) is 15.9 Å². The van der Waals surface area contributed by atoms with E-state index in [0.29, 0.717) is 0 Å². The van der Waals surface area contributed by atoms with E-state index in [-0.39, 0.29) is 17.5 Å². The second-order valence-electron chi connectivity index (χ2n) is 5.07. The van der Waals surface area contributed by atoms with Crippen LogP contribution in [-0.4, -0.2) is 10.2 Å². The molecule has 0 amide bonds. The van der Waals surface area contributed by atoms with E-state index in [1.54, 1.807) is 12.1 Å². The highest BCUT2D eigenvalue weighted by Gasteiger charge is 2.09. The van der Waals surface area contributed by atoms with Gasteiger partial charge in [-0.3, -0.25) is 0 Å². The number of hydrogen-bond acceptors (Lipinski definition) is 3. The number of phenolic OH excluding ortho intramolecular Hbond substituents is 2. The molecular weight excluding hydrogens is 318 g/mol. The molecule has 0 aliphatic carbocycles. The van der Waals surface area contributed by atoms with Crippen molar-refractivity contribution in [3.05, 3.63) is 51.5 Å². The summed E-state index contributed by atoms with van der Waals surface area (Å²) in [6.07, 6.45) is 0. The van der Waals surface area contributed by atoms with E-state index in [0.717, 1.165) is 15.7 Å². The maximum atomic E-state index is 9.54. The van der Waals surface area contributed by atoms with Crippen LogP contribution in [-0.2, 0) is 0 Å². The van der Waals surface area contributed by atoms with Crippen molar-refractivity contribution < 1.29 is 10.2 Å². The van der Waals surface area contributed by atoms with E-state index in [9.17, 15) is 10.2 Å². The molecule has 4 heteroatoms. The average molecular weight is 336 g/mol. The zero-order chi connectivity index (χ0) is 14.9. The summed E-state index contributed by atoms with van der Waals surface area (Å²) in [5.41, 5.74) is 4.18. The number of phenols is 2. The Bertz CT molecular complexity index is 597. The Balaban J connectivity index is 2.25. The molecule has 1 unspecified atom stereocenters. The Hall–Kier alpha value is -1.68. The maximum Gasteiger partial charge on any atom is 0.119 e. The molecule has 0 spiro atoms. The van der Waals surface area contributed by atoms with E-state index in [2.05, 4.69) is 33.4 Å². The smallest absolute Gasteiger partial charge is 0.119 e. The summed E-state index contributed by atoms with van der Waals surface area (Å²) >= 11 is 3.55. The van der Waals surface area contributed by atoms with Gasteiger partial charge in [-0.2, -0.15) is 0 Å². The van der Waals surface area contributed by atoms with Crippen LogP contribution < -0.4 is 5.32 Å². The summed E-state index contributed by atoms with van der Waals surface area (Å²) in [6, 6.07) is 8.73.